The highest BCUT2D eigenvalue weighted by Gasteiger charge is 2.13. The zero-order chi connectivity index (χ0) is 19.8. The number of pyridine rings is 1. The minimum absolute atomic E-state index is 0.0260. The van der Waals surface area contributed by atoms with Gasteiger partial charge in [0.1, 0.15) is 0 Å². The fourth-order valence-corrected chi connectivity index (χ4v) is 2.71. The van der Waals surface area contributed by atoms with E-state index in [2.05, 4.69) is 10.3 Å². The first kappa shape index (κ1) is 19.4. The molecule has 0 saturated carbocycles. The van der Waals surface area contributed by atoms with Gasteiger partial charge in [-0.25, -0.2) is 0 Å². The summed E-state index contributed by atoms with van der Waals surface area (Å²) in [6.45, 7) is 0.415. The number of carbonyl (C=O) groups is 1. The fraction of sp³-hybridized carbons (Fsp3) is 0.182. The van der Waals surface area contributed by atoms with E-state index in [0.717, 1.165) is 11.4 Å². The lowest BCUT2D eigenvalue weighted by Gasteiger charge is -2.19. The maximum absolute atomic E-state index is 12.2. The van der Waals surface area contributed by atoms with Crippen LogP contribution in [-0.4, -0.2) is 29.2 Å². The summed E-state index contributed by atoms with van der Waals surface area (Å²) in [6, 6.07) is 10.6. The molecule has 6 nitrogen and oxygen atoms in total. The second kappa shape index (κ2) is 9.53. The van der Waals surface area contributed by atoms with Crippen molar-refractivity contribution in [2.24, 2.45) is 0 Å². The Morgan fingerprint density at radius 1 is 1.36 bits per heavy atom. The Morgan fingerprint density at radius 2 is 2.25 bits per heavy atom. The molecule has 1 aromatic carbocycles. The number of rotatable bonds is 7. The number of benzene rings is 1. The van der Waals surface area contributed by atoms with E-state index >= 15 is 0 Å². The number of amides is 1. The van der Waals surface area contributed by atoms with Gasteiger partial charge in [-0.3, -0.25) is 9.78 Å². The summed E-state index contributed by atoms with van der Waals surface area (Å²) in [6.07, 6.45) is 10.9. The van der Waals surface area contributed by atoms with E-state index in [9.17, 15) is 9.90 Å². The van der Waals surface area contributed by atoms with E-state index in [1.54, 1.807) is 24.4 Å². The van der Waals surface area contributed by atoms with E-state index in [1.807, 2.05) is 36.4 Å². The molecule has 3 rings (SSSR count). The van der Waals surface area contributed by atoms with Gasteiger partial charge in [-0.05, 0) is 42.0 Å². The Kier molecular flexibility index (Phi) is 6.59. The topological polar surface area (TPSA) is 80.7 Å². The maximum atomic E-state index is 12.2. The lowest BCUT2D eigenvalue weighted by atomic mass is 10.1. The Labute approximate surface area is 163 Å². The summed E-state index contributed by atoms with van der Waals surface area (Å²) >= 11 is 0. The molecule has 1 heterocycles. The summed E-state index contributed by atoms with van der Waals surface area (Å²) < 4.78 is 10.8. The molecule has 2 aromatic rings. The van der Waals surface area contributed by atoms with Gasteiger partial charge in [0.05, 0.1) is 25.5 Å². The number of aromatic hydroxyl groups is 1. The van der Waals surface area contributed by atoms with Gasteiger partial charge in [-0.2, -0.15) is 0 Å². The summed E-state index contributed by atoms with van der Waals surface area (Å²) in [5.74, 6) is 0.163. The quantitative estimate of drug-likeness (QED) is 0.722. The molecule has 0 spiro atoms. The van der Waals surface area contributed by atoms with Crippen LogP contribution in [0.2, 0.25) is 0 Å². The highest BCUT2D eigenvalue weighted by Crippen LogP contribution is 2.26. The Balaban J connectivity index is 1.50. The molecule has 1 amide bonds. The van der Waals surface area contributed by atoms with Crippen LogP contribution < -0.4 is 10.1 Å². The number of nitrogens with zero attached hydrogens (tertiary/aromatic N) is 1. The Bertz CT molecular complexity index is 904. The second-order valence-corrected chi connectivity index (χ2v) is 6.21. The molecule has 144 valence electrons. The average molecular weight is 378 g/mol. The minimum Gasteiger partial charge on any atom is -0.504 e. The van der Waals surface area contributed by atoms with Gasteiger partial charge in [0.15, 0.2) is 11.5 Å². The van der Waals surface area contributed by atoms with Crippen LogP contribution in [0.25, 0.3) is 6.08 Å². The molecule has 0 saturated heterocycles. The van der Waals surface area contributed by atoms with Crippen molar-refractivity contribution < 1.29 is 19.4 Å². The molecule has 1 aromatic heterocycles. The Morgan fingerprint density at radius 3 is 3.00 bits per heavy atom. The summed E-state index contributed by atoms with van der Waals surface area (Å²) in [4.78, 5) is 16.4. The number of phenolic OH excluding ortho intramolecular Hbond substituents is 1. The lowest BCUT2D eigenvalue weighted by molar-refractivity contribution is -0.115. The largest absolute Gasteiger partial charge is 0.504 e. The number of hydrogen-bond acceptors (Lipinski definition) is 5. The highest BCUT2D eigenvalue weighted by atomic mass is 16.5. The van der Waals surface area contributed by atoms with E-state index in [-0.39, 0.29) is 17.8 Å². The molecule has 28 heavy (non-hydrogen) atoms. The van der Waals surface area contributed by atoms with Crippen molar-refractivity contribution in [2.75, 3.05) is 7.11 Å². The summed E-state index contributed by atoms with van der Waals surface area (Å²) in [7, 11) is 1.48. The molecule has 0 fully saturated rings. The number of aromatic nitrogens is 1. The van der Waals surface area contributed by atoms with Crippen molar-refractivity contribution in [3.8, 4) is 11.5 Å². The SMILES string of the molecule is COc1ccc(/C=C/C(=O)NC2=CC=CC(OCc3ccccn3)C2)cc1O. The first-order valence-electron chi connectivity index (χ1n) is 8.89. The third-order valence-corrected chi connectivity index (χ3v) is 4.13. The molecule has 2 N–H and O–H groups in total. The number of methoxy groups -OCH3 is 1. The van der Waals surface area contributed by atoms with E-state index < -0.39 is 0 Å². The van der Waals surface area contributed by atoms with E-state index in [0.29, 0.717) is 24.3 Å². The molecular formula is C22H22N2O4. The molecular weight excluding hydrogens is 356 g/mol. The van der Waals surface area contributed by atoms with Crippen LogP contribution >= 0.6 is 0 Å². The maximum Gasteiger partial charge on any atom is 0.248 e. The summed E-state index contributed by atoms with van der Waals surface area (Å²) in [5.41, 5.74) is 2.34. The predicted octanol–water partition coefficient (Wildman–Crippen LogP) is 3.35. The molecule has 1 aliphatic rings. The highest BCUT2D eigenvalue weighted by molar-refractivity contribution is 5.93. The van der Waals surface area contributed by atoms with Crippen molar-refractivity contribution in [1.29, 1.82) is 0 Å². The Hall–Kier alpha value is -3.38. The van der Waals surface area contributed by atoms with Gasteiger partial charge >= 0.3 is 0 Å². The molecule has 1 unspecified atom stereocenters. The van der Waals surface area contributed by atoms with Crippen molar-refractivity contribution in [3.05, 3.63) is 83.9 Å². The first-order chi connectivity index (χ1) is 13.6. The fourth-order valence-electron chi connectivity index (χ4n) is 2.71. The van der Waals surface area contributed by atoms with Crippen molar-refractivity contribution in [2.45, 2.75) is 19.1 Å². The van der Waals surface area contributed by atoms with Crippen LogP contribution in [0, 0.1) is 0 Å². The van der Waals surface area contributed by atoms with Crippen LogP contribution in [0.5, 0.6) is 11.5 Å². The van der Waals surface area contributed by atoms with E-state index in [1.165, 1.54) is 19.3 Å². The number of hydrogen-bond donors (Lipinski definition) is 2. The smallest absolute Gasteiger partial charge is 0.248 e. The monoisotopic (exact) mass is 378 g/mol. The molecule has 0 radical (unpaired) electrons. The molecule has 1 aliphatic carbocycles. The third kappa shape index (κ3) is 5.56. The van der Waals surface area contributed by atoms with Gasteiger partial charge in [-0.15, -0.1) is 0 Å². The predicted molar refractivity (Wildman–Crippen MR) is 106 cm³/mol. The lowest BCUT2D eigenvalue weighted by Crippen LogP contribution is -2.25. The van der Waals surface area contributed by atoms with Gasteiger partial charge in [0, 0.05) is 24.4 Å². The first-order valence-corrected chi connectivity index (χ1v) is 8.89. The number of ether oxygens (including phenoxy) is 2. The van der Waals surface area contributed by atoms with Crippen LogP contribution in [-0.2, 0) is 16.1 Å². The normalized spacial score (nSPS) is 16.0. The van der Waals surface area contributed by atoms with Gasteiger partial charge in [-0.1, -0.05) is 24.3 Å². The summed E-state index contributed by atoms with van der Waals surface area (Å²) in [5, 5.41) is 12.6. The zero-order valence-electron chi connectivity index (χ0n) is 15.5. The van der Waals surface area contributed by atoms with Crippen LogP contribution in [0.1, 0.15) is 17.7 Å². The number of carbonyl (C=O) groups excluding carboxylic acids is 1. The number of phenols is 1. The van der Waals surface area contributed by atoms with Crippen LogP contribution in [0.4, 0.5) is 0 Å². The van der Waals surface area contributed by atoms with Gasteiger partial charge < -0.3 is 19.9 Å². The van der Waals surface area contributed by atoms with E-state index in [4.69, 9.17) is 9.47 Å². The molecule has 0 aliphatic heterocycles. The van der Waals surface area contributed by atoms with Crippen molar-refractivity contribution >= 4 is 12.0 Å². The van der Waals surface area contributed by atoms with Crippen molar-refractivity contribution in [3.63, 3.8) is 0 Å². The third-order valence-electron chi connectivity index (χ3n) is 4.13. The standard InChI is InChI=1S/C22H22N2O4/c1-27-21-10-8-16(13-20(21)25)9-11-22(26)24-17-6-4-7-19(14-17)28-15-18-5-2-3-12-23-18/h2-13,19,25H,14-15H2,1H3,(H,24,26)/b11-9+. The molecule has 6 heteroatoms. The second-order valence-electron chi connectivity index (χ2n) is 6.21. The zero-order valence-corrected chi connectivity index (χ0v) is 15.5. The van der Waals surface area contributed by atoms with Crippen molar-refractivity contribution in [1.82, 2.24) is 10.3 Å². The van der Waals surface area contributed by atoms with Gasteiger partial charge in [0.25, 0.3) is 0 Å². The van der Waals surface area contributed by atoms with Crippen LogP contribution in [0.15, 0.2) is 72.6 Å². The average Bonchev–Trinajstić information content (AvgIpc) is 2.72. The van der Waals surface area contributed by atoms with Gasteiger partial charge in [0.2, 0.25) is 5.91 Å². The molecule has 1 atom stereocenters. The number of allylic oxidation sites excluding steroid dienone is 2. The minimum atomic E-state index is -0.250. The molecule has 0 bridgehead atoms. The van der Waals surface area contributed by atoms with Crippen LogP contribution in [0.3, 0.4) is 0 Å². The number of nitrogens with one attached hydrogen (secondary N) is 1.